The number of nitrogens with one attached hydrogen (secondary N) is 2. The summed E-state index contributed by atoms with van der Waals surface area (Å²) in [7, 11) is 0. The molecule has 2 aromatic rings. The molecule has 4 unspecified atom stereocenters. The summed E-state index contributed by atoms with van der Waals surface area (Å²) < 4.78 is 44.2. The van der Waals surface area contributed by atoms with Crippen LogP contribution in [0.2, 0.25) is 10.0 Å². The van der Waals surface area contributed by atoms with Crippen LogP contribution in [0.5, 0.6) is 0 Å². The fourth-order valence-electron chi connectivity index (χ4n) is 6.80. The van der Waals surface area contributed by atoms with E-state index < -0.39 is 12.7 Å². The Morgan fingerprint density at radius 1 is 1.08 bits per heavy atom. The third-order valence-corrected chi connectivity index (χ3v) is 9.03. The lowest BCUT2D eigenvalue weighted by molar-refractivity contribution is -0.172. The highest BCUT2D eigenvalue weighted by atomic mass is 35.5. The number of hydrazine groups is 1. The predicted octanol–water partition coefficient (Wildman–Crippen LogP) is 4.93. The van der Waals surface area contributed by atoms with Crippen molar-refractivity contribution in [3.63, 3.8) is 0 Å². The first-order valence-corrected chi connectivity index (χ1v) is 13.8. The summed E-state index contributed by atoms with van der Waals surface area (Å²) in [6, 6.07) is 4.60. The number of nitrogens with zero attached hydrogens (tertiary/aromatic N) is 4. The fourth-order valence-corrected chi connectivity index (χ4v) is 7.47. The Bertz CT molecular complexity index is 1130. The maximum atomic E-state index is 12.6. The summed E-state index contributed by atoms with van der Waals surface area (Å²) in [5.74, 6) is 1.22. The minimum absolute atomic E-state index is 0.0191. The molecule has 3 saturated heterocycles. The van der Waals surface area contributed by atoms with Gasteiger partial charge in [0.2, 0.25) is 0 Å². The van der Waals surface area contributed by atoms with Crippen molar-refractivity contribution >= 4 is 29.0 Å². The van der Waals surface area contributed by atoms with Crippen molar-refractivity contribution in [2.45, 2.75) is 56.7 Å². The van der Waals surface area contributed by atoms with Crippen LogP contribution in [0.1, 0.15) is 49.5 Å². The Morgan fingerprint density at radius 2 is 1.82 bits per heavy atom. The van der Waals surface area contributed by atoms with Crippen LogP contribution < -0.4 is 15.8 Å². The third kappa shape index (κ3) is 5.23. The molecule has 2 N–H and O–H groups in total. The zero-order valence-corrected chi connectivity index (χ0v) is 22.5. The first kappa shape index (κ1) is 26.5. The van der Waals surface area contributed by atoms with Crippen molar-refractivity contribution in [2.24, 2.45) is 11.3 Å². The van der Waals surface area contributed by atoms with Crippen LogP contribution in [0.3, 0.4) is 0 Å². The second-order valence-electron chi connectivity index (χ2n) is 11.3. The number of fused-ring (bicyclic) bond motifs is 1. The first-order chi connectivity index (χ1) is 18.1. The highest BCUT2D eigenvalue weighted by Crippen LogP contribution is 2.44. The molecule has 0 radical (unpaired) electrons. The monoisotopic (exact) mass is 570 g/mol. The molecule has 1 spiro atoms. The van der Waals surface area contributed by atoms with E-state index in [1.54, 1.807) is 12.4 Å². The predicted molar refractivity (Wildman–Crippen MR) is 139 cm³/mol. The second-order valence-corrected chi connectivity index (χ2v) is 12.1. The third-order valence-electron chi connectivity index (χ3n) is 8.42. The number of aromatic nitrogens is 2. The van der Waals surface area contributed by atoms with Crippen LogP contribution in [-0.4, -0.2) is 65.9 Å². The molecule has 0 aromatic carbocycles. The number of likely N-dealkylation sites (tertiary alicyclic amines) is 1. The van der Waals surface area contributed by atoms with Crippen molar-refractivity contribution in [3.8, 4) is 0 Å². The number of hydrogen-bond donors (Lipinski definition) is 2. The number of ether oxygens (including phenoxy) is 1. The highest BCUT2D eigenvalue weighted by molar-refractivity contribution is 6.35. The summed E-state index contributed by atoms with van der Waals surface area (Å²) in [6.07, 6.45) is 3.65. The number of anilines is 1. The average Bonchev–Trinajstić information content (AvgIpc) is 3.22. The van der Waals surface area contributed by atoms with Gasteiger partial charge in [-0.15, -0.1) is 0 Å². The van der Waals surface area contributed by atoms with Gasteiger partial charge in [-0.25, -0.2) is 10.4 Å². The molecule has 2 aromatic heterocycles. The van der Waals surface area contributed by atoms with Gasteiger partial charge in [0.25, 0.3) is 0 Å². The van der Waals surface area contributed by atoms with Crippen LogP contribution >= 0.6 is 23.2 Å². The minimum Gasteiger partial charge on any atom is -0.370 e. The van der Waals surface area contributed by atoms with Crippen LogP contribution in [0.15, 0.2) is 30.7 Å². The molecule has 4 fully saturated rings. The average molecular weight is 571 g/mol. The van der Waals surface area contributed by atoms with Gasteiger partial charge in [0, 0.05) is 61.8 Å². The maximum absolute atomic E-state index is 12.6. The molecular weight excluding hydrogens is 540 g/mol. The van der Waals surface area contributed by atoms with E-state index in [2.05, 4.69) is 26.8 Å². The van der Waals surface area contributed by atoms with Gasteiger partial charge in [-0.3, -0.25) is 15.3 Å². The van der Waals surface area contributed by atoms with Crippen molar-refractivity contribution < 1.29 is 17.9 Å². The summed E-state index contributed by atoms with van der Waals surface area (Å²) in [4.78, 5) is 12.4. The quantitative estimate of drug-likeness (QED) is 0.510. The molecule has 0 bridgehead atoms. The van der Waals surface area contributed by atoms with E-state index in [0.29, 0.717) is 35.1 Å². The normalized spacial score (nSPS) is 29.6. The largest absolute Gasteiger partial charge is 0.401 e. The van der Waals surface area contributed by atoms with Gasteiger partial charge in [0.1, 0.15) is 5.82 Å². The van der Waals surface area contributed by atoms with Crippen molar-refractivity contribution in [3.05, 3.63) is 51.9 Å². The van der Waals surface area contributed by atoms with E-state index in [-0.39, 0.29) is 23.7 Å². The lowest BCUT2D eigenvalue weighted by atomic mass is 9.73. The van der Waals surface area contributed by atoms with E-state index in [9.17, 15) is 13.2 Å². The molecule has 6 rings (SSSR count). The molecule has 3 aliphatic heterocycles. The molecule has 0 amide bonds. The molecule has 12 heteroatoms. The smallest absolute Gasteiger partial charge is 0.370 e. The summed E-state index contributed by atoms with van der Waals surface area (Å²) in [5.41, 5.74) is 8.78. The van der Waals surface area contributed by atoms with Crippen LogP contribution in [0, 0.1) is 11.3 Å². The molecular formula is C26H31Cl2F3N6O. The first-order valence-electron chi connectivity index (χ1n) is 13.0. The molecule has 1 saturated carbocycles. The van der Waals surface area contributed by atoms with Gasteiger partial charge in [0.15, 0.2) is 0 Å². The SMILES string of the molecule is C[C@@H](OC1CCC2NNC(c3ccc(N4CC5(CN(CC(F)(F)F)C5)C4)nc3)C2C1)c1c(Cl)cncc1Cl. The minimum atomic E-state index is -4.13. The van der Waals surface area contributed by atoms with E-state index >= 15 is 0 Å². The molecule has 38 heavy (non-hydrogen) atoms. The Morgan fingerprint density at radius 3 is 2.47 bits per heavy atom. The second kappa shape index (κ2) is 10.1. The Kier molecular flexibility index (Phi) is 7.02. The number of pyridine rings is 2. The van der Waals surface area contributed by atoms with E-state index in [0.717, 1.165) is 49.3 Å². The molecule has 206 valence electrons. The highest BCUT2D eigenvalue weighted by Gasteiger charge is 2.53. The van der Waals surface area contributed by atoms with E-state index in [4.69, 9.17) is 32.9 Å². The number of alkyl halides is 3. The maximum Gasteiger partial charge on any atom is 0.401 e. The van der Waals surface area contributed by atoms with Crippen LogP contribution in [0.25, 0.3) is 0 Å². The molecule has 5 heterocycles. The van der Waals surface area contributed by atoms with E-state index in [1.165, 1.54) is 4.90 Å². The number of halogens is 5. The van der Waals surface area contributed by atoms with Gasteiger partial charge >= 0.3 is 6.18 Å². The van der Waals surface area contributed by atoms with Gasteiger partial charge < -0.3 is 9.64 Å². The Hall–Kier alpha value is -1.69. The van der Waals surface area contributed by atoms with Gasteiger partial charge in [-0.1, -0.05) is 29.3 Å². The lowest BCUT2D eigenvalue weighted by Gasteiger charge is -2.60. The van der Waals surface area contributed by atoms with Gasteiger partial charge in [-0.05, 0) is 43.7 Å². The standard InChI is InChI=1S/C26H31Cl2F3N6O/c1-15(23-19(27)8-32-9-20(23)28)38-17-3-4-21-18(6-17)24(35-34-21)16-2-5-22(33-7-16)37-12-25(13-37)10-36(11-25)14-26(29,30)31/h2,5,7-9,15,17-18,21,24,34-35H,3-4,6,10-14H2,1H3/t15-,17?,18?,21?,24?/m1/s1. The summed E-state index contributed by atoms with van der Waals surface area (Å²) in [5, 5.41) is 1.02. The van der Waals surface area contributed by atoms with E-state index in [1.807, 2.05) is 19.2 Å². The molecule has 5 atom stereocenters. The number of rotatable bonds is 6. The molecule has 1 aliphatic carbocycles. The van der Waals surface area contributed by atoms with Gasteiger partial charge in [-0.2, -0.15) is 13.2 Å². The lowest BCUT2D eigenvalue weighted by Crippen LogP contribution is -2.73. The summed E-state index contributed by atoms with van der Waals surface area (Å²) in [6.45, 7) is 3.67. The van der Waals surface area contributed by atoms with Gasteiger partial charge in [0.05, 0.1) is 34.8 Å². The van der Waals surface area contributed by atoms with Crippen LogP contribution in [0.4, 0.5) is 19.0 Å². The Balaban J connectivity index is 1.04. The van der Waals surface area contributed by atoms with Crippen molar-refractivity contribution in [1.82, 2.24) is 25.7 Å². The summed E-state index contributed by atoms with van der Waals surface area (Å²) >= 11 is 12.7. The zero-order chi connectivity index (χ0) is 26.7. The van der Waals surface area contributed by atoms with Crippen molar-refractivity contribution in [2.75, 3.05) is 37.6 Å². The topological polar surface area (TPSA) is 65.6 Å². The Labute approximate surface area is 230 Å². The number of hydrogen-bond acceptors (Lipinski definition) is 7. The van der Waals surface area contributed by atoms with Crippen molar-refractivity contribution in [1.29, 1.82) is 0 Å². The molecule has 4 aliphatic rings. The zero-order valence-electron chi connectivity index (χ0n) is 21.0. The van der Waals surface area contributed by atoms with Crippen LogP contribution in [-0.2, 0) is 4.74 Å². The molecule has 7 nitrogen and oxygen atoms in total. The fraction of sp³-hybridized carbons (Fsp3) is 0.615.